The Balaban J connectivity index is 1.75. The molecule has 3 rings (SSSR count). The van der Waals surface area contributed by atoms with Crippen molar-refractivity contribution < 1.29 is 14.3 Å². The van der Waals surface area contributed by atoms with Crippen molar-refractivity contribution in [3.05, 3.63) is 80.0 Å². The van der Waals surface area contributed by atoms with E-state index in [0.29, 0.717) is 28.5 Å². The number of ether oxygens (including phenoxy) is 2. The predicted octanol–water partition coefficient (Wildman–Crippen LogP) is 5.12. The van der Waals surface area contributed by atoms with Crippen LogP contribution in [0.2, 0.25) is 0 Å². The molecule has 1 heterocycles. The first-order chi connectivity index (χ1) is 14.6. The number of nitriles is 1. The fourth-order valence-electron chi connectivity index (χ4n) is 2.56. The molecule has 0 spiro atoms. The molecule has 1 amide bonds. The molecule has 3 aromatic rings. The molecule has 0 aliphatic rings. The van der Waals surface area contributed by atoms with Gasteiger partial charge in [0.2, 0.25) is 0 Å². The minimum absolute atomic E-state index is 0.237. The van der Waals surface area contributed by atoms with Crippen molar-refractivity contribution in [1.29, 1.82) is 5.26 Å². The normalized spacial score (nSPS) is 10.6. The van der Waals surface area contributed by atoms with Crippen molar-refractivity contribution in [2.45, 2.75) is 13.5 Å². The lowest BCUT2D eigenvalue weighted by atomic mass is 10.1. The molecule has 0 fully saturated rings. The second-order valence-electron chi connectivity index (χ2n) is 5.99. The number of thiophene rings is 1. The number of hydrogen-bond donors (Lipinski definition) is 1. The first kappa shape index (κ1) is 21.6. The molecule has 30 heavy (non-hydrogen) atoms. The molecule has 1 aromatic heterocycles. The van der Waals surface area contributed by atoms with Crippen molar-refractivity contribution in [3.8, 4) is 17.6 Å². The number of carbonyl (C=O) groups excluding carboxylic acids is 1. The zero-order chi connectivity index (χ0) is 21.3. The molecular formula is C22H18BrN3O3S. The van der Waals surface area contributed by atoms with Crippen molar-refractivity contribution in [2.24, 2.45) is 5.10 Å². The highest BCUT2D eigenvalue weighted by Gasteiger charge is 2.12. The highest BCUT2D eigenvalue weighted by molar-refractivity contribution is 9.10. The second-order valence-corrected chi connectivity index (χ2v) is 7.79. The molecule has 0 atom stereocenters. The molecule has 0 aliphatic carbocycles. The molecule has 2 aromatic carbocycles. The molecule has 0 unspecified atom stereocenters. The van der Waals surface area contributed by atoms with E-state index < -0.39 is 0 Å². The Bertz CT molecular complexity index is 1090. The number of hydrogen-bond acceptors (Lipinski definition) is 6. The largest absolute Gasteiger partial charge is 0.490 e. The SMILES string of the molecule is CCOc1cc(/C=N/NC(=O)c2cccs2)c(Br)cc1OCc1ccccc1C#N. The molecule has 0 saturated carbocycles. The standard InChI is InChI=1S/C22H18BrN3O3S/c1-2-28-19-10-17(13-25-26-22(27)21-8-5-9-30-21)18(23)11-20(19)29-14-16-7-4-3-6-15(16)12-24/h3-11,13H,2,14H2,1H3,(H,26,27)/b25-13+. The molecule has 152 valence electrons. The third-order valence-corrected chi connectivity index (χ3v) is 5.55. The number of amides is 1. The highest BCUT2D eigenvalue weighted by atomic mass is 79.9. The van der Waals surface area contributed by atoms with Gasteiger partial charge in [0.1, 0.15) is 6.61 Å². The lowest BCUT2D eigenvalue weighted by molar-refractivity contribution is 0.0959. The molecule has 8 heteroatoms. The first-order valence-corrected chi connectivity index (χ1v) is 10.7. The molecule has 6 nitrogen and oxygen atoms in total. The third kappa shape index (κ3) is 5.47. The summed E-state index contributed by atoms with van der Waals surface area (Å²) in [7, 11) is 0. The van der Waals surface area contributed by atoms with E-state index in [9.17, 15) is 10.1 Å². The van der Waals surface area contributed by atoms with E-state index in [1.165, 1.54) is 17.6 Å². The predicted molar refractivity (Wildman–Crippen MR) is 120 cm³/mol. The average molecular weight is 484 g/mol. The number of rotatable bonds is 8. The van der Waals surface area contributed by atoms with Crippen molar-refractivity contribution in [3.63, 3.8) is 0 Å². The van der Waals surface area contributed by atoms with E-state index >= 15 is 0 Å². The van der Waals surface area contributed by atoms with Crippen molar-refractivity contribution in [2.75, 3.05) is 6.61 Å². The van der Waals surface area contributed by atoms with Crippen LogP contribution in [0.4, 0.5) is 0 Å². The minimum atomic E-state index is -0.265. The Morgan fingerprint density at radius 2 is 2.03 bits per heavy atom. The van der Waals surface area contributed by atoms with Gasteiger partial charge in [0, 0.05) is 15.6 Å². The summed E-state index contributed by atoms with van der Waals surface area (Å²) in [6.45, 7) is 2.57. The van der Waals surface area contributed by atoms with Crippen LogP contribution in [0.3, 0.4) is 0 Å². The highest BCUT2D eigenvalue weighted by Crippen LogP contribution is 2.34. The van der Waals surface area contributed by atoms with Gasteiger partial charge >= 0.3 is 0 Å². The van der Waals surface area contributed by atoms with Crippen LogP contribution in [-0.4, -0.2) is 18.7 Å². The quantitative estimate of drug-likeness (QED) is 0.355. The van der Waals surface area contributed by atoms with Crippen LogP contribution in [0.1, 0.15) is 33.3 Å². The van der Waals surface area contributed by atoms with Gasteiger partial charge in [0.25, 0.3) is 5.91 Å². The van der Waals surface area contributed by atoms with Gasteiger partial charge in [-0.05, 0) is 52.5 Å². The van der Waals surface area contributed by atoms with E-state index in [1.54, 1.807) is 24.3 Å². The zero-order valence-electron chi connectivity index (χ0n) is 16.1. The van der Waals surface area contributed by atoms with Crippen LogP contribution in [0.15, 0.2) is 63.5 Å². The Morgan fingerprint density at radius 1 is 1.23 bits per heavy atom. The topological polar surface area (TPSA) is 83.7 Å². The third-order valence-electron chi connectivity index (χ3n) is 4.00. The van der Waals surface area contributed by atoms with E-state index in [1.807, 2.05) is 36.6 Å². The van der Waals surface area contributed by atoms with Crippen LogP contribution < -0.4 is 14.9 Å². The smallest absolute Gasteiger partial charge is 0.281 e. The molecular weight excluding hydrogens is 466 g/mol. The second kappa shape index (κ2) is 10.6. The Labute approximate surface area is 186 Å². The van der Waals surface area contributed by atoms with Crippen LogP contribution in [0.25, 0.3) is 0 Å². The summed E-state index contributed by atoms with van der Waals surface area (Å²) in [6.07, 6.45) is 1.53. The fraction of sp³-hybridized carbons (Fsp3) is 0.136. The van der Waals surface area contributed by atoms with Crippen LogP contribution in [-0.2, 0) is 6.61 Å². The lowest BCUT2D eigenvalue weighted by Gasteiger charge is -2.14. The minimum Gasteiger partial charge on any atom is -0.490 e. The van der Waals surface area contributed by atoms with Gasteiger partial charge < -0.3 is 9.47 Å². The summed E-state index contributed by atoms with van der Waals surface area (Å²) in [5, 5.41) is 15.1. The Hall–Kier alpha value is -3.15. The van der Waals surface area contributed by atoms with Gasteiger partial charge in [-0.25, -0.2) is 5.43 Å². The summed E-state index contributed by atoms with van der Waals surface area (Å²) >= 11 is 4.85. The van der Waals surface area contributed by atoms with Crippen molar-refractivity contribution in [1.82, 2.24) is 5.43 Å². The molecule has 0 bridgehead atoms. The lowest BCUT2D eigenvalue weighted by Crippen LogP contribution is -2.16. The number of benzene rings is 2. The summed E-state index contributed by atoms with van der Waals surface area (Å²) in [5.41, 5.74) is 4.58. The van der Waals surface area contributed by atoms with E-state index in [0.717, 1.165) is 15.6 Å². The summed E-state index contributed by atoms with van der Waals surface area (Å²) in [5.74, 6) is 0.816. The van der Waals surface area contributed by atoms with Gasteiger partial charge in [0.15, 0.2) is 11.5 Å². The average Bonchev–Trinajstić information content (AvgIpc) is 3.30. The fourth-order valence-corrected chi connectivity index (χ4v) is 3.60. The number of nitrogens with one attached hydrogen (secondary N) is 1. The molecule has 1 N–H and O–H groups in total. The van der Waals surface area contributed by atoms with Gasteiger partial charge in [0.05, 0.1) is 29.3 Å². The van der Waals surface area contributed by atoms with Gasteiger partial charge in [-0.1, -0.05) is 24.3 Å². The Kier molecular flexibility index (Phi) is 7.60. The maximum Gasteiger partial charge on any atom is 0.281 e. The summed E-state index contributed by atoms with van der Waals surface area (Å²) in [4.78, 5) is 12.6. The van der Waals surface area contributed by atoms with E-state index in [2.05, 4.69) is 32.5 Å². The van der Waals surface area contributed by atoms with Gasteiger partial charge in [-0.15, -0.1) is 11.3 Å². The number of carbonyl (C=O) groups is 1. The molecule has 0 aliphatic heterocycles. The Morgan fingerprint density at radius 3 is 2.77 bits per heavy atom. The van der Waals surface area contributed by atoms with Crippen LogP contribution in [0, 0.1) is 11.3 Å². The van der Waals surface area contributed by atoms with Crippen LogP contribution in [0.5, 0.6) is 11.5 Å². The number of halogens is 1. The maximum atomic E-state index is 12.0. The number of nitrogens with zero attached hydrogens (tertiary/aromatic N) is 2. The molecule has 0 saturated heterocycles. The first-order valence-electron chi connectivity index (χ1n) is 9.06. The summed E-state index contributed by atoms with van der Waals surface area (Å²) in [6, 6.07) is 16.5. The zero-order valence-corrected chi connectivity index (χ0v) is 18.5. The van der Waals surface area contributed by atoms with E-state index in [4.69, 9.17) is 9.47 Å². The van der Waals surface area contributed by atoms with Gasteiger partial charge in [-0.3, -0.25) is 4.79 Å². The van der Waals surface area contributed by atoms with Crippen molar-refractivity contribution >= 4 is 39.4 Å². The maximum absolute atomic E-state index is 12.0. The monoisotopic (exact) mass is 483 g/mol. The van der Waals surface area contributed by atoms with Gasteiger partial charge in [-0.2, -0.15) is 10.4 Å². The molecule has 0 radical (unpaired) electrons. The van der Waals surface area contributed by atoms with Crippen LogP contribution >= 0.6 is 27.3 Å². The van der Waals surface area contributed by atoms with E-state index in [-0.39, 0.29) is 12.5 Å². The number of hydrazone groups is 1. The summed E-state index contributed by atoms with van der Waals surface area (Å²) < 4.78 is 12.4.